The van der Waals surface area contributed by atoms with Crippen molar-refractivity contribution in [3.63, 3.8) is 0 Å². The molecule has 78 valence electrons. The number of carboxylic acid groups (broad SMARTS) is 1. The zero-order chi connectivity index (χ0) is 10.7. The topological polar surface area (TPSA) is 37.3 Å². The summed E-state index contributed by atoms with van der Waals surface area (Å²) in [6, 6.07) is 1.92. The molecular formula is C10H13BrO2S. The SMILES string of the molecule is CCC(C)c1sc(CC(=O)O)cc1Br. The molecule has 1 aromatic heterocycles. The van der Waals surface area contributed by atoms with Crippen LogP contribution < -0.4 is 0 Å². The summed E-state index contributed by atoms with van der Waals surface area (Å²) in [6.07, 6.45) is 1.20. The van der Waals surface area contributed by atoms with E-state index in [2.05, 4.69) is 29.8 Å². The Balaban J connectivity index is 2.87. The molecule has 0 aliphatic rings. The van der Waals surface area contributed by atoms with Crippen molar-refractivity contribution in [3.8, 4) is 0 Å². The number of thiophene rings is 1. The van der Waals surface area contributed by atoms with Gasteiger partial charge in [0.25, 0.3) is 0 Å². The van der Waals surface area contributed by atoms with E-state index in [0.717, 1.165) is 15.8 Å². The second kappa shape index (κ2) is 4.94. The largest absolute Gasteiger partial charge is 0.481 e. The molecule has 0 saturated heterocycles. The monoisotopic (exact) mass is 276 g/mol. The van der Waals surface area contributed by atoms with E-state index in [1.165, 1.54) is 4.88 Å². The molecule has 4 heteroatoms. The van der Waals surface area contributed by atoms with Gasteiger partial charge in [0, 0.05) is 14.2 Å². The van der Waals surface area contributed by atoms with E-state index in [1.54, 1.807) is 11.3 Å². The van der Waals surface area contributed by atoms with Crippen molar-refractivity contribution in [2.24, 2.45) is 0 Å². The Labute approximate surface area is 96.1 Å². The maximum atomic E-state index is 10.5. The molecule has 2 nitrogen and oxygen atoms in total. The first kappa shape index (κ1) is 11.7. The van der Waals surface area contributed by atoms with E-state index in [9.17, 15) is 4.79 Å². The normalized spacial score (nSPS) is 12.8. The van der Waals surface area contributed by atoms with Crippen LogP contribution in [0.4, 0.5) is 0 Å². The summed E-state index contributed by atoms with van der Waals surface area (Å²) in [4.78, 5) is 12.7. The van der Waals surface area contributed by atoms with Crippen molar-refractivity contribution in [1.29, 1.82) is 0 Å². The minimum Gasteiger partial charge on any atom is -0.481 e. The molecule has 1 rings (SSSR count). The molecule has 1 atom stereocenters. The zero-order valence-corrected chi connectivity index (χ0v) is 10.6. The van der Waals surface area contributed by atoms with Gasteiger partial charge < -0.3 is 5.11 Å². The van der Waals surface area contributed by atoms with Crippen molar-refractivity contribution in [1.82, 2.24) is 0 Å². The third-order valence-corrected chi connectivity index (χ3v) is 4.43. The van der Waals surface area contributed by atoms with E-state index in [0.29, 0.717) is 5.92 Å². The molecule has 1 aromatic rings. The van der Waals surface area contributed by atoms with Crippen molar-refractivity contribution in [3.05, 3.63) is 20.3 Å². The minimum atomic E-state index is -0.769. The molecule has 0 aliphatic carbocycles. The third kappa shape index (κ3) is 2.82. The first-order valence-electron chi connectivity index (χ1n) is 4.54. The molecule has 0 spiro atoms. The average Bonchev–Trinajstić information content (AvgIpc) is 2.44. The van der Waals surface area contributed by atoms with Gasteiger partial charge in [-0.3, -0.25) is 4.79 Å². The molecule has 14 heavy (non-hydrogen) atoms. The highest BCUT2D eigenvalue weighted by Crippen LogP contribution is 2.35. The van der Waals surface area contributed by atoms with Crippen LogP contribution in [0, 0.1) is 0 Å². The number of hydrogen-bond donors (Lipinski definition) is 1. The fraction of sp³-hybridized carbons (Fsp3) is 0.500. The predicted molar refractivity (Wildman–Crippen MR) is 62.1 cm³/mol. The standard InChI is InChI=1S/C10H13BrO2S/c1-3-6(2)10-8(11)4-7(14-10)5-9(12)13/h4,6H,3,5H2,1-2H3,(H,12,13). The van der Waals surface area contributed by atoms with Crippen LogP contribution in [0.5, 0.6) is 0 Å². The van der Waals surface area contributed by atoms with Crippen LogP contribution >= 0.6 is 27.3 Å². The summed E-state index contributed by atoms with van der Waals surface area (Å²) in [6.45, 7) is 4.29. The summed E-state index contributed by atoms with van der Waals surface area (Å²) >= 11 is 5.06. The fourth-order valence-electron chi connectivity index (χ4n) is 1.19. The molecule has 0 radical (unpaired) electrons. The van der Waals surface area contributed by atoms with Crippen LogP contribution in [-0.2, 0) is 11.2 Å². The lowest BCUT2D eigenvalue weighted by molar-refractivity contribution is -0.136. The minimum absolute atomic E-state index is 0.125. The Kier molecular flexibility index (Phi) is 4.13. The fourth-order valence-corrected chi connectivity index (χ4v) is 3.43. The quantitative estimate of drug-likeness (QED) is 0.912. The summed E-state index contributed by atoms with van der Waals surface area (Å²) in [5.74, 6) is -0.272. The molecule has 0 aromatic carbocycles. The Morgan fingerprint density at radius 3 is 2.86 bits per heavy atom. The average molecular weight is 277 g/mol. The van der Waals surface area contributed by atoms with E-state index in [4.69, 9.17) is 5.11 Å². The van der Waals surface area contributed by atoms with Gasteiger partial charge in [-0.2, -0.15) is 0 Å². The highest BCUT2D eigenvalue weighted by Gasteiger charge is 2.13. The van der Waals surface area contributed by atoms with Gasteiger partial charge in [0.05, 0.1) is 6.42 Å². The second-order valence-electron chi connectivity index (χ2n) is 3.30. The van der Waals surface area contributed by atoms with Crippen LogP contribution in [0.15, 0.2) is 10.5 Å². The molecule has 0 bridgehead atoms. The summed E-state index contributed by atoms with van der Waals surface area (Å²) in [7, 11) is 0. The number of aliphatic carboxylic acids is 1. The number of rotatable bonds is 4. The summed E-state index contributed by atoms with van der Waals surface area (Å²) in [5, 5.41) is 8.65. The molecular weight excluding hydrogens is 264 g/mol. The lowest BCUT2D eigenvalue weighted by Crippen LogP contribution is -1.97. The van der Waals surface area contributed by atoms with E-state index >= 15 is 0 Å². The Morgan fingerprint density at radius 1 is 1.71 bits per heavy atom. The Hall–Kier alpha value is -0.350. The molecule has 0 saturated carbocycles. The lowest BCUT2D eigenvalue weighted by atomic mass is 10.1. The van der Waals surface area contributed by atoms with Gasteiger partial charge >= 0.3 is 5.97 Å². The van der Waals surface area contributed by atoms with E-state index < -0.39 is 5.97 Å². The lowest BCUT2D eigenvalue weighted by Gasteiger charge is -2.05. The Bertz CT molecular complexity index is 333. The molecule has 0 amide bonds. The van der Waals surface area contributed by atoms with Gasteiger partial charge in [0.15, 0.2) is 0 Å². The van der Waals surface area contributed by atoms with Crippen molar-refractivity contribution in [2.45, 2.75) is 32.6 Å². The van der Waals surface area contributed by atoms with Crippen molar-refractivity contribution < 1.29 is 9.90 Å². The van der Waals surface area contributed by atoms with Crippen LogP contribution in [0.25, 0.3) is 0 Å². The molecule has 1 N–H and O–H groups in total. The van der Waals surface area contributed by atoms with Gasteiger partial charge in [0.1, 0.15) is 0 Å². The molecule has 1 heterocycles. The molecule has 0 aliphatic heterocycles. The predicted octanol–water partition coefficient (Wildman–Crippen LogP) is 3.65. The van der Waals surface area contributed by atoms with E-state index in [-0.39, 0.29) is 6.42 Å². The van der Waals surface area contributed by atoms with Gasteiger partial charge in [-0.05, 0) is 34.3 Å². The van der Waals surface area contributed by atoms with Crippen molar-refractivity contribution >= 4 is 33.2 Å². The maximum Gasteiger partial charge on any atom is 0.308 e. The smallest absolute Gasteiger partial charge is 0.308 e. The van der Waals surface area contributed by atoms with Crippen molar-refractivity contribution in [2.75, 3.05) is 0 Å². The van der Waals surface area contributed by atoms with Gasteiger partial charge in [-0.15, -0.1) is 11.3 Å². The van der Waals surface area contributed by atoms with Gasteiger partial charge in [0.2, 0.25) is 0 Å². The number of hydrogen-bond acceptors (Lipinski definition) is 2. The number of carbonyl (C=O) groups is 1. The molecule has 1 unspecified atom stereocenters. The maximum absolute atomic E-state index is 10.5. The van der Waals surface area contributed by atoms with Crippen LogP contribution in [-0.4, -0.2) is 11.1 Å². The number of carboxylic acids is 1. The third-order valence-electron chi connectivity index (χ3n) is 2.15. The van der Waals surface area contributed by atoms with Crippen LogP contribution in [0.2, 0.25) is 0 Å². The highest BCUT2D eigenvalue weighted by molar-refractivity contribution is 9.10. The number of halogens is 1. The Morgan fingerprint density at radius 2 is 2.36 bits per heavy atom. The van der Waals surface area contributed by atoms with Gasteiger partial charge in [-0.25, -0.2) is 0 Å². The summed E-state index contributed by atoms with van der Waals surface area (Å²) in [5.41, 5.74) is 0. The second-order valence-corrected chi connectivity index (χ2v) is 5.33. The van der Waals surface area contributed by atoms with Crippen LogP contribution in [0.3, 0.4) is 0 Å². The van der Waals surface area contributed by atoms with E-state index in [1.807, 2.05) is 6.07 Å². The van der Waals surface area contributed by atoms with Crippen LogP contribution in [0.1, 0.15) is 35.9 Å². The van der Waals surface area contributed by atoms with Gasteiger partial charge in [-0.1, -0.05) is 13.8 Å². The highest BCUT2D eigenvalue weighted by atomic mass is 79.9. The first-order valence-corrected chi connectivity index (χ1v) is 6.15. The molecule has 0 fully saturated rings. The first-order chi connectivity index (χ1) is 6.54. The zero-order valence-electron chi connectivity index (χ0n) is 8.21. The summed E-state index contributed by atoms with van der Waals surface area (Å²) < 4.78 is 1.05.